The van der Waals surface area contributed by atoms with Gasteiger partial charge in [0.05, 0.1) is 7.11 Å². The summed E-state index contributed by atoms with van der Waals surface area (Å²) in [5.74, 6) is 1.58. The van der Waals surface area contributed by atoms with E-state index in [1.54, 1.807) is 7.11 Å². The fraction of sp³-hybridized carbons (Fsp3) is 0.571. The van der Waals surface area contributed by atoms with Gasteiger partial charge in [-0.3, -0.25) is 0 Å². The van der Waals surface area contributed by atoms with Crippen molar-refractivity contribution < 1.29 is 9.47 Å². The Morgan fingerprint density at radius 3 is 2.24 bits per heavy atom. The number of hydrogen-bond donors (Lipinski definition) is 1. The second kappa shape index (κ2) is 5.41. The van der Waals surface area contributed by atoms with Gasteiger partial charge >= 0.3 is 0 Å². The average Bonchev–Trinajstić information content (AvgIpc) is 2.24. The summed E-state index contributed by atoms with van der Waals surface area (Å²) in [6.45, 7) is 8.35. The fourth-order valence-corrected chi connectivity index (χ4v) is 1.89. The van der Waals surface area contributed by atoms with E-state index in [1.807, 2.05) is 31.2 Å². The van der Waals surface area contributed by atoms with Crippen LogP contribution in [0.4, 0.5) is 0 Å². The number of hydrogen-bond acceptors (Lipinski definition) is 3. The molecule has 96 valence electrons. The Kier molecular flexibility index (Phi) is 4.40. The molecule has 3 nitrogen and oxygen atoms in total. The van der Waals surface area contributed by atoms with Gasteiger partial charge in [0, 0.05) is 17.5 Å². The summed E-state index contributed by atoms with van der Waals surface area (Å²) in [6, 6.07) is 7.58. The van der Waals surface area contributed by atoms with Crippen molar-refractivity contribution in [3.63, 3.8) is 0 Å². The highest BCUT2D eigenvalue weighted by Crippen LogP contribution is 2.28. The monoisotopic (exact) mass is 237 g/mol. The second-order valence-corrected chi connectivity index (χ2v) is 5.44. The van der Waals surface area contributed by atoms with E-state index in [-0.39, 0.29) is 17.6 Å². The molecule has 0 spiro atoms. The van der Waals surface area contributed by atoms with Crippen molar-refractivity contribution in [3.8, 4) is 11.5 Å². The van der Waals surface area contributed by atoms with E-state index in [9.17, 15) is 0 Å². The summed E-state index contributed by atoms with van der Waals surface area (Å²) in [4.78, 5) is 0. The zero-order chi connectivity index (χ0) is 13.1. The van der Waals surface area contributed by atoms with Crippen LogP contribution in [0.1, 0.15) is 27.7 Å². The molecule has 2 unspecified atom stereocenters. The van der Waals surface area contributed by atoms with E-state index in [1.165, 1.54) is 0 Å². The molecule has 0 aliphatic heterocycles. The van der Waals surface area contributed by atoms with Gasteiger partial charge in [-0.1, -0.05) is 26.8 Å². The van der Waals surface area contributed by atoms with Crippen LogP contribution in [0.3, 0.4) is 0 Å². The van der Waals surface area contributed by atoms with E-state index in [0.29, 0.717) is 0 Å². The largest absolute Gasteiger partial charge is 0.497 e. The number of benzene rings is 1. The molecule has 0 aliphatic rings. The molecule has 17 heavy (non-hydrogen) atoms. The standard InChI is InChI=1S/C14H23NO2/c1-10(15)13(14(2,3)4)17-12-8-6-7-11(9-12)16-5/h6-10,13H,15H2,1-5H3. The third kappa shape index (κ3) is 3.93. The van der Waals surface area contributed by atoms with Gasteiger partial charge in [0.15, 0.2) is 0 Å². The summed E-state index contributed by atoms with van der Waals surface area (Å²) >= 11 is 0. The Hall–Kier alpha value is -1.22. The molecule has 0 aromatic heterocycles. The highest BCUT2D eigenvalue weighted by molar-refractivity contribution is 5.33. The molecular formula is C14H23NO2. The first kappa shape index (κ1) is 13.8. The summed E-state index contributed by atoms with van der Waals surface area (Å²) in [7, 11) is 1.64. The summed E-state index contributed by atoms with van der Waals surface area (Å²) < 4.78 is 11.1. The van der Waals surface area contributed by atoms with Crippen LogP contribution in [0.5, 0.6) is 11.5 Å². The van der Waals surface area contributed by atoms with E-state index in [2.05, 4.69) is 20.8 Å². The van der Waals surface area contributed by atoms with E-state index < -0.39 is 0 Å². The Morgan fingerprint density at radius 1 is 1.18 bits per heavy atom. The maximum absolute atomic E-state index is 5.98. The molecule has 0 heterocycles. The lowest BCUT2D eigenvalue weighted by Gasteiger charge is -2.34. The van der Waals surface area contributed by atoms with E-state index in [0.717, 1.165) is 11.5 Å². The summed E-state index contributed by atoms with van der Waals surface area (Å²) in [5, 5.41) is 0. The quantitative estimate of drug-likeness (QED) is 0.875. The summed E-state index contributed by atoms with van der Waals surface area (Å²) in [6.07, 6.45) is -0.0328. The topological polar surface area (TPSA) is 44.5 Å². The third-order valence-corrected chi connectivity index (χ3v) is 2.64. The fourth-order valence-electron chi connectivity index (χ4n) is 1.89. The van der Waals surface area contributed by atoms with Crippen molar-refractivity contribution >= 4 is 0 Å². The van der Waals surface area contributed by atoms with Gasteiger partial charge in [0.1, 0.15) is 17.6 Å². The molecule has 1 aromatic carbocycles. The molecule has 1 aromatic rings. The number of nitrogens with two attached hydrogens (primary N) is 1. The highest BCUT2D eigenvalue weighted by atomic mass is 16.5. The Morgan fingerprint density at radius 2 is 1.76 bits per heavy atom. The Labute approximate surface area is 104 Å². The molecule has 2 N–H and O–H groups in total. The highest BCUT2D eigenvalue weighted by Gasteiger charge is 2.29. The molecule has 0 amide bonds. The van der Waals surface area contributed by atoms with Gasteiger partial charge in [-0.2, -0.15) is 0 Å². The van der Waals surface area contributed by atoms with Crippen molar-refractivity contribution in [1.82, 2.24) is 0 Å². The molecule has 3 heteroatoms. The first-order valence-corrected chi connectivity index (χ1v) is 5.91. The number of ether oxygens (including phenoxy) is 2. The van der Waals surface area contributed by atoms with Crippen LogP contribution >= 0.6 is 0 Å². The van der Waals surface area contributed by atoms with Crippen LogP contribution in [0.2, 0.25) is 0 Å². The van der Waals surface area contributed by atoms with Crippen LogP contribution < -0.4 is 15.2 Å². The maximum atomic E-state index is 5.98. The lowest BCUT2D eigenvalue weighted by Crippen LogP contribution is -2.45. The second-order valence-electron chi connectivity index (χ2n) is 5.44. The van der Waals surface area contributed by atoms with Gasteiger partial charge in [0.2, 0.25) is 0 Å². The Balaban J connectivity index is 2.86. The molecule has 1 rings (SSSR count). The van der Waals surface area contributed by atoms with E-state index >= 15 is 0 Å². The minimum absolute atomic E-state index is 0.00273. The van der Waals surface area contributed by atoms with Gasteiger partial charge in [0.25, 0.3) is 0 Å². The van der Waals surface area contributed by atoms with Gasteiger partial charge in [-0.25, -0.2) is 0 Å². The smallest absolute Gasteiger partial charge is 0.123 e. The van der Waals surface area contributed by atoms with Gasteiger partial charge < -0.3 is 15.2 Å². The van der Waals surface area contributed by atoms with Crippen LogP contribution in [-0.2, 0) is 0 Å². The lowest BCUT2D eigenvalue weighted by molar-refractivity contribution is 0.0682. The zero-order valence-corrected chi connectivity index (χ0v) is 11.4. The minimum Gasteiger partial charge on any atom is -0.497 e. The van der Waals surface area contributed by atoms with Crippen LogP contribution in [0.15, 0.2) is 24.3 Å². The van der Waals surface area contributed by atoms with Crippen molar-refractivity contribution in [1.29, 1.82) is 0 Å². The van der Waals surface area contributed by atoms with Crippen molar-refractivity contribution in [2.75, 3.05) is 7.11 Å². The molecule has 0 radical (unpaired) electrons. The predicted octanol–water partition coefficient (Wildman–Crippen LogP) is 2.84. The van der Waals surface area contributed by atoms with Crippen molar-refractivity contribution in [3.05, 3.63) is 24.3 Å². The molecule has 0 bridgehead atoms. The minimum atomic E-state index is -0.0328. The zero-order valence-electron chi connectivity index (χ0n) is 11.4. The molecule has 0 saturated heterocycles. The first-order valence-electron chi connectivity index (χ1n) is 5.91. The molecular weight excluding hydrogens is 214 g/mol. The lowest BCUT2D eigenvalue weighted by atomic mass is 9.85. The Bertz CT molecular complexity index is 355. The number of rotatable bonds is 4. The van der Waals surface area contributed by atoms with Crippen LogP contribution in [0, 0.1) is 5.41 Å². The summed E-state index contributed by atoms with van der Waals surface area (Å²) in [5.41, 5.74) is 5.98. The van der Waals surface area contributed by atoms with Gasteiger partial charge in [-0.15, -0.1) is 0 Å². The van der Waals surface area contributed by atoms with Crippen molar-refractivity contribution in [2.45, 2.75) is 39.8 Å². The number of methoxy groups -OCH3 is 1. The predicted molar refractivity (Wildman–Crippen MR) is 70.5 cm³/mol. The van der Waals surface area contributed by atoms with E-state index in [4.69, 9.17) is 15.2 Å². The van der Waals surface area contributed by atoms with Crippen LogP contribution in [0.25, 0.3) is 0 Å². The first-order chi connectivity index (χ1) is 7.84. The average molecular weight is 237 g/mol. The van der Waals surface area contributed by atoms with Crippen LogP contribution in [-0.4, -0.2) is 19.3 Å². The van der Waals surface area contributed by atoms with Gasteiger partial charge in [-0.05, 0) is 19.1 Å². The molecule has 0 aliphatic carbocycles. The SMILES string of the molecule is COc1cccc(OC(C(C)N)C(C)(C)C)c1. The molecule has 0 saturated carbocycles. The molecule has 2 atom stereocenters. The maximum Gasteiger partial charge on any atom is 0.123 e. The van der Waals surface area contributed by atoms with Crippen molar-refractivity contribution in [2.24, 2.45) is 11.1 Å². The molecule has 0 fully saturated rings. The third-order valence-electron chi connectivity index (χ3n) is 2.64. The normalized spacial score (nSPS) is 15.2.